The van der Waals surface area contributed by atoms with E-state index in [1.807, 2.05) is 6.92 Å². The molecule has 7 nitrogen and oxygen atoms in total. The molecule has 168 valence electrons. The van der Waals surface area contributed by atoms with Crippen LogP contribution in [0.2, 0.25) is 5.02 Å². The van der Waals surface area contributed by atoms with Crippen LogP contribution < -0.4 is 5.32 Å². The van der Waals surface area contributed by atoms with Gasteiger partial charge in [0.1, 0.15) is 17.6 Å². The second kappa shape index (κ2) is 10.3. The predicted octanol–water partition coefficient (Wildman–Crippen LogP) is 4.84. The first kappa shape index (κ1) is 23.3. The van der Waals surface area contributed by atoms with Crippen LogP contribution in [0.25, 0.3) is 0 Å². The molecule has 1 amide bonds. The average molecular weight is 447 g/mol. The third-order valence-electron chi connectivity index (χ3n) is 5.46. The van der Waals surface area contributed by atoms with Crippen LogP contribution in [-0.4, -0.2) is 33.2 Å². The smallest absolute Gasteiger partial charge is 0.317 e. The van der Waals surface area contributed by atoms with Gasteiger partial charge in [-0.25, -0.2) is 0 Å². The molecule has 1 aliphatic carbocycles. The zero-order valence-corrected chi connectivity index (χ0v) is 19.4. The van der Waals surface area contributed by atoms with Crippen LogP contribution in [0.1, 0.15) is 75.6 Å². The Kier molecular flexibility index (Phi) is 7.70. The highest BCUT2D eigenvalue weighted by atomic mass is 35.5. The summed E-state index contributed by atoms with van der Waals surface area (Å²) in [5, 5.41) is 12.2. The Morgan fingerprint density at radius 3 is 2.68 bits per heavy atom. The van der Waals surface area contributed by atoms with Crippen LogP contribution in [0.15, 0.2) is 18.2 Å². The van der Waals surface area contributed by atoms with E-state index in [-0.39, 0.29) is 18.9 Å². The molecule has 1 unspecified atom stereocenters. The summed E-state index contributed by atoms with van der Waals surface area (Å²) in [6, 6.07) is 5.63. The minimum Gasteiger partial charge on any atom is -0.465 e. The minimum absolute atomic E-state index is 0.0696. The van der Waals surface area contributed by atoms with Crippen molar-refractivity contribution in [3.05, 3.63) is 40.4 Å². The monoisotopic (exact) mass is 446 g/mol. The van der Waals surface area contributed by atoms with Crippen LogP contribution in [0.3, 0.4) is 0 Å². The molecule has 0 spiro atoms. The van der Waals surface area contributed by atoms with Crippen LogP contribution in [0.4, 0.5) is 5.69 Å². The number of ether oxygens (including phenoxy) is 1. The molecule has 0 radical (unpaired) electrons. The number of amides is 1. The Hall–Kier alpha value is -2.41. The fourth-order valence-electron chi connectivity index (χ4n) is 3.55. The highest BCUT2D eigenvalue weighted by molar-refractivity contribution is 6.31. The minimum atomic E-state index is -0.805. The first-order valence-corrected chi connectivity index (χ1v) is 11.3. The van der Waals surface area contributed by atoms with Gasteiger partial charge in [0.25, 0.3) is 0 Å². The van der Waals surface area contributed by atoms with Crippen molar-refractivity contribution in [2.45, 2.75) is 71.8 Å². The van der Waals surface area contributed by atoms with Gasteiger partial charge in [0.15, 0.2) is 0 Å². The summed E-state index contributed by atoms with van der Waals surface area (Å²) in [6.45, 7) is 8.17. The second-order valence-electron chi connectivity index (χ2n) is 8.48. The van der Waals surface area contributed by atoms with Crippen molar-refractivity contribution >= 4 is 29.2 Å². The molecule has 8 heteroatoms. The van der Waals surface area contributed by atoms with Gasteiger partial charge in [-0.1, -0.05) is 31.5 Å². The number of hydrogen-bond donors (Lipinski definition) is 1. The number of anilines is 1. The van der Waals surface area contributed by atoms with Gasteiger partial charge < -0.3 is 14.6 Å². The third-order valence-corrected chi connectivity index (χ3v) is 5.87. The first-order chi connectivity index (χ1) is 14.8. The molecule has 2 aromatic rings. The largest absolute Gasteiger partial charge is 0.465 e. The molecule has 1 N–H and O–H groups in total. The Morgan fingerprint density at radius 2 is 2.03 bits per heavy atom. The lowest BCUT2D eigenvalue weighted by Gasteiger charge is -2.18. The van der Waals surface area contributed by atoms with E-state index in [0.29, 0.717) is 28.5 Å². The number of aryl methyl sites for hydroxylation is 1. The second-order valence-corrected chi connectivity index (χ2v) is 8.88. The average Bonchev–Trinajstić information content (AvgIpc) is 3.47. The molecule has 1 fully saturated rings. The molecule has 1 atom stereocenters. The fourth-order valence-corrected chi connectivity index (χ4v) is 3.72. The van der Waals surface area contributed by atoms with Gasteiger partial charge in [-0.15, -0.1) is 10.2 Å². The lowest BCUT2D eigenvalue weighted by Crippen LogP contribution is -2.26. The highest BCUT2D eigenvalue weighted by Gasteiger charge is 2.36. The van der Waals surface area contributed by atoms with Crippen molar-refractivity contribution in [1.82, 2.24) is 14.8 Å². The van der Waals surface area contributed by atoms with E-state index in [4.69, 9.17) is 16.3 Å². The number of hydrogen-bond acceptors (Lipinski definition) is 5. The quantitative estimate of drug-likeness (QED) is 0.528. The Balaban J connectivity index is 1.85. The molecule has 1 aromatic carbocycles. The number of nitrogens with one attached hydrogen (secondary N) is 1. The third kappa shape index (κ3) is 5.85. The SMILES string of the molecule is CCOC(=O)C(CC(=O)Nc1cccc(Cl)c1C)c1nnc(CCC(C)C)n1C1CC1. The number of esters is 1. The molecule has 0 aliphatic heterocycles. The van der Waals surface area contributed by atoms with E-state index in [0.717, 1.165) is 37.1 Å². The van der Waals surface area contributed by atoms with Crippen molar-refractivity contribution in [2.75, 3.05) is 11.9 Å². The summed E-state index contributed by atoms with van der Waals surface area (Å²) in [5.41, 5.74) is 1.41. The Labute approximate surface area is 188 Å². The molecule has 3 rings (SSSR count). The van der Waals surface area contributed by atoms with Crippen molar-refractivity contribution in [1.29, 1.82) is 0 Å². The molecular weight excluding hydrogens is 416 g/mol. The molecule has 0 saturated heterocycles. The molecule has 1 aromatic heterocycles. The van der Waals surface area contributed by atoms with Crippen molar-refractivity contribution in [3.8, 4) is 0 Å². The lowest BCUT2D eigenvalue weighted by molar-refractivity contribution is -0.146. The van der Waals surface area contributed by atoms with E-state index < -0.39 is 11.9 Å². The fraction of sp³-hybridized carbons (Fsp3) is 0.565. The van der Waals surface area contributed by atoms with E-state index in [1.54, 1.807) is 25.1 Å². The number of carbonyl (C=O) groups excluding carboxylic acids is 2. The zero-order chi connectivity index (χ0) is 22.5. The number of rotatable bonds is 10. The summed E-state index contributed by atoms with van der Waals surface area (Å²) in [6.07, 6.45) is 3.78. The summed E-state index contributed by atoms with van der Waals surface area (Å²) in [7, 11) is 0. The van der Waals surface area contributed by atoms with Gasteiger partial charge >= 0.3 is 5.97 Å². The zero-order valence-electron chi connectivity index (χ0n) is 18.7. The van der Waals surface area contributed by atoms with Crippen LogP contribution in [0.5, 0.6) is 0 Å². The summed E-state index contributed by atoms with van der Waals surface area (Å²) in [5.74, 6) is 0.396. The number of halogens is 1. The maximum atomic E-state index is 12.9. The van der Waals surface area contributed by atoms with E-state index >= 15 is 0 Å². The molecular formula is C23H31ClN4O3. The predicted molar refractivity (Wildman–Crippen MR) is 120 cm³/mol. The van der Waals surface area contributed by atoms with E-state index in [9.17, 15) is 9.59 Å². The maximum Gasteiger partial charge on any atom is 0.317 e. The summed E-state index contributed by atoms with van der Waals surface area (Å²) < 4.78 is 7.37. The number of carbonyl (C=O) groups is 2. The number of nitrogens with zero attached hydrogens (tertiary/aromatic N) is 3. The molecule has 31 heavy (non-hydrogen) atoms. The van der Waals surface area contributed by atoms with Crippen molar-refractivity contribution in [2.24, 2.45) is 5.92 Å². The summed E-state index contributed by atoms with van der Waals surface area (Å²) >= 11 is 6.16. The van der Waals surface area contributed by atoms with Crippen LogP contribution >= 0.6 is 11.6 Å². The van der Waals surface area contributed by atoms with Crippen LogP contribution in [0, 0.1) is 12.8 Å². The normalized spacial score (nSPS) is 14.5. The van der Waals surface area contributed by atoms with Gasteiger partial charge in [0.05, 0.1) is 6.61 Å². The molecule has 1 saturated carbocycles. The Bertz CT molecular complexity index is 937. The van der Waals surface area contributed by atoms with Gasteiger partial charge in [-0.05, 0) is 56.7 Å². The van der Waals surface area contributed by atoms with Crippen molar-refractivity contribution < 1.29 is 14.3 Å². The Morgan fingerprint density at radius 1 is 1.29 bits per heavy atom. The standard InChI is InChI=1S/C23H31ClN4O3/c1-5-31-23(30)17(13-21(29)25-19-8-6-7-18(24)15(19)4)22-27-26-20(12-9-14(2)3)28(22)16-10-11-16/h6-8,14,16-17H,5,9-13H2,1-4H3,(H,25,29). The number of benzene rings is 1. The van der Waals surface area contributed by atoms with Crippen LogP contribution in [-0.2, 0) is 20.7 Å². The van der Waals surface area contributed by atoms with E-state index in [2.05, 4.69) is 33.9 Å². The highest BCUT2D eigenvalue weighted by Crippen LogP contribution is 2.39. The number of aromatic nitrogens is 3. The van der Waals surface area contributed by atoms with Gasteiger partial charge in [0.2, 0.25) is 5.91 Å². The van der Waals surface area contributed by atoms with Gasteiger partial charge in [0, 0.05) is 29.6 Å². The van der Waals surface area contributed by atoms with Gasteiger partial charge in [-0.3, -0.25) is 9.59 Å². The lowest BCUT2D eigenvalue weighted by atomic mass is 10.0. The molecule has 1 heterocycles. The van der Waals surface area contributed by atoms with Crippen molar-refractivity contribution in [3.63, 3.8) is 0 Å². The molecule has 0 bridgehead atoms. The van der Waals surface area contributed by atoms with E-state index in [1.165, 1.54) is 0 Å². The topological polar surface area (TPSA) is 86.1 Å². The van der Waals surface area contributed by atoms with Gasteiger partial charge in [-0.2, -0.15) is 0 Å². The molecule has 1 aliphatic rings. The maximum absolute atomic E-state index is 12.9. The first-order valence-electron chi connectivity index (χ1n) is 11.0. The summed E-state index contributed by atoms with van der Waals surface area (Å²) in [4.78, 5) is 25.7.